The van der Waals surface area contributed by atoms with Gasteiger partial charge in [-0.25, -0.2) is 0 Å². The fourth-order valence-electron chi connectivity index (χ4n) is 2.30. The molecule has 4 heteroatoms. The summed E-state index contributed by atoms with van der Waals surface area (Å²) in [5, 5.41) is 5.80. The van der Waals surface area contributed by atoms with Gasteiger partial charge in [-0.05, 0) is 24.8 Å². The minimum Gasteiger partial charge on any atom is -0.271 e. The molecule has 4 nitrogen and oxygen atoms in total. The Labute approximate surface area is 108 Å². The molecule has 1 atom stereocenters. The first-order chi connectivity index (χ1) is 8.63. The summed E-state index contributed by atoms with van der Waals surface area (Å²) in [5.41, 5.74) is 5.11. The molecule has 2 rings (SSSR count). The summed E-state index contributed by atoms with van der Waals surface area (Å²) in [6.07, 6.45) is 2.15. The third kappa shape index (κ3) is 2.54. The normalized spacial score (nSPS) is 13.4. The third-order valence-electron chi connectivity index (χ3n) is 3.35. The summed E-state index contributed by atoms with van der Waals surface area (Å²) >= 11 is 0. The van der Waals surface area contributed by atoms with E-state index in [4.69, 9.17) is 5.84 Å². The quantitative estimate of drug-likeness (QED) is 0.629. The van der Waals surface area contributed by atoms with E-state index in [1.165, 1.54) is 5.39 Å². The van der Waals surface area contributed by atoms with E-state index in [-0.39, 0.29) is 6.04 Å². The van der Waals surface area contributed by atoms with Crippen molar-refractivity contribution in [3.63, 3.8) is 0 Å². The molecule has 3 N–H and O–H groups in total. The van der Waals surface area contributed by atoms with Crippen LogP contribution in [0.2, 0.25) is 0 Å². The Morgan fingerprint density at radius 3 is 2.67 bits per heavy atom. The predicted octanol–water partition coefficient (Wildman–Crippen LogP) is 2.51. The van der Waals surface area contributed by atoms with Crippen LogP contribution in [-0.2, 0) is 7.05 Å². The maximum atomic E-state index is 5.69. The Morgan fingerprint density at radius 2 is 2.00 bits per heavy atom. The van der Waals surface area contributed by atoms with Crippen LogP contribution in [0.25, 0.3) is 10.9 Å². The lowest BCUT2D eigenvalue weighted by molar-refractivity contribution is 0.440. The minimum atomic E-state index is 0.124. The minimum absolute atomic E-state index is 0.124. The summed E-state index contributed by atoms with van der Waals surface area (Å²) in [4.78, 5) is 0. The first-order valence-corrected chi connectivity index (χ1v) is 6.51. The number of aryl methyl sites for hydroxylation is 1. The van der Waals surface area contributed by atoms with Crippen LogP contribution < -0.4 is 11.3 Å². The maximum absolute atomic E-state index is 5.69. The number of hydrogen-bond acceptors (Lipinski definition) is 3. The van der Waals surface area contributed by atoms with Gasteiger partial charge >= 0.3 is 0 Å². The number of aromatic nitrogens is 2. The largest absolute Gasteiger partial charge is 0.271 e. The Hall–Kier alpha value is -1.39. The lowest BCUT2D eigenvalue weighted by atomic mass is 10.00. The molecule has 1 aromatic carbocycles. The number of nitrogens with two attached hydrogens (primary N) is 1. The number of rotatable bonds is 5. The van der Waals surface area contributed by atoms with Crippen LogP contribution in [0.3, 0.4) is 0 Å². The summed E-state index contributed by atoms with van der Waals surface area (Å²) in [6.45, 7) is 4.45. The molecule has 18 heavy (non-hydrogen) atoms. The second kappa shape index (κ2) is 5.50. The zero-order valence-corrected chi connectivity index (χ0v) is 11.4. The Morgan fingerprint density at radius 1 is 1.28 bits per heavy atom. The van der Waals surface area contributed by atoms with Crippen LogP contribution >= 0.6 is 0 Å². The van der Waals surface area contributed by atoms with E-state index in [9.17, 15) is 0 Å². The fourth-order valence-corrected chi connectivity index (χ4v) is 2.30. The van der Waals surface area contributed by atoms with Crippen molar-refractivity contribution < 1.29 is 0 Å². The zero-order valence-electron chi connectivity index (χ0n) is 11.4. The molecule has 98 valence electrons. The molecule has 0 bridgehead atoms. The Kier molecular flexibility index (Phi) is 3.99. The van der Waals surface area contributed by atoms with Gasteiger partial charge in [0, 0.05) is 12.4 Å². The van der Waals surface area contributed by atoms with E-state index in [2.05, 4.69) is 36.5 Å². The highest BCUT2D eigenvalue weighted by molar-refractivity contribution is 5.82. The molecular weight excluding hydrogens is 224 g/mol. The van der Waals surface area contributed by atoms with Gasteiger partial charge in [-0.15, -0.1) is 0 Å². The van der Waals surface area contributed by atoms with Gasteiger partial charge in [0.25, 0.3) is 0 Å². The lowest BCUT2D eigenvalue weighted by Gasteiger charge is -2.15. The monoisotopic (exact) mass is 246 g/mol. The molecule has 0 spiro atoms. The number of hydrogen-bond donors (Lipinski definition) is 2. The van der Waals surface area contributed by atoms with Crippen LogP contribution in [0.1, 0.15) is 38.4 Å². The fraction of sp³-hybridized carbons (Fsp3) is 0.500. The summed E-state index contributed by atoms with van der Waals surface area (Å²) in [5.74, 6) is 6.37. The zero-order chi connectivity index (χ0) is 13.1. The second-order valence-electron chi connectivity index (χ2n) is 5.22. The van der Waals surface area contributed by atoms with E-state index in [1.807, 2.05) is 23.9 Å². The molecule has 0 fully saturated rings. The SMILES string of the molecule is CC(C)CCC(NN)c1nn(C)c2ccccc12. The summed E-state index contributed by atoms with van der Waals surface area (Å²) in [6, 6.07) is 8.40. The van der Waals surface area contributed by atoms with E-state index in [0.717, 1.165) is 24.1 Å². The standard InChI is InChI=1S/C14H22N4/c1-10(2)8-9-12(16-15)14-11-6-4-5-7-13(11)18(3)17-14/h4-7,10,12,16H,8-9,15H2,1-3H3. The smallest absolute Gasteiger partial charge is 0.0886 e. The maximum Gasteiger partial charge on any atom is 0.0886 e. The average molecular weight is 246 g/mol. The highest BCUT2D eigenvalue weighted by Gasteiger charge is 2.17. The van der Waals surface area contributed by atoms with Crippen LogP contribution in [0.5, 0.6) is 0 Å². The summed E-state index contributed by atoms with van der Waals surface area (Å²) in [7, 11) is 1.97. The highest BCUT2D eigenvalue weighted by atomic mass is 15.3. The molecule has 2 aromatic rings. The van der Waals surface area contributed by atoms with Gasteiger partial charge in [0.15, 0.2) is 0 Å². The molecule has 0 amide bonds. The van der Waals surface area contributed by atoms with Crippen LogP contribution in [0.15, 0.2) is 24.3 Å². The van der Waals surface area contributed by atoms with E-state index >= 15 is 0 Å². The molecule has 0 saturated carbocycles. The Bertz CT molecular complexity index is 515. The third-order valence-corrected chi connectivity index (χ3v) is 3.35. The number of nitrogens with zero attached hydrogens (tertiary/aromatic N) is 2. The second-order valence-corrected chi connectivity index (χ2v) is 5.22. The molecule has 1 aromatic heterocycles. The van der Waals surface area contributed by atoms with Crippen LogP contribution in [-0.4, -0.2) is 9.78 Å². The Balaban J connectivity index is 2.33. The van der Waals surface area contributed by atoms with E-state index in [0.29, 0.717) is 5.92 Å². The van der Waals surface area contributed by atoms with Gasteiger partial charge in [-0.1, -0.05) is 32.0 Å². The van der Waals surface area contributed by atoms with Gasteiger partial charge in [-0.2, -0.15) is 5.10 Å². The van der Waals surface area contributed by atoms with E-state index in [1.54, 1.807) is 0 Å². The van der Waals surface area contributed by atoms with Crippen molar-refractivity contribution in [1.29, 1.82) is 0 Å². The van der Waals surface area contributed by atoms with Gasteiger partial charge in [0.2, 0.25) is 0 Å². The van der Waals surface area contributed by atoms with Crippen LogP contribution in [0, 0.1) is 5.92 Å². The predicted molar refractivity (Wildman–Crippen MR) is 74.9 cm³/mol. The van der Waals surface area contributed by atoms with Crippen molar-refractivity contribution in [2.75, 3.05) is 0 Å². The van der Waals surface area contributed by atoms with Crippen LogP contribution in [0.4, 0.5) is 0 Å². The number of para-hydroxylation sites is 1. The van der Waals surface area contributed by atoms with Gasteiger partial charge < -0.3 is 0 Å². The van der Waals surface area contributed by atoms with Gasteiger partial charge in [0.1, 0.15) is 0 Å². The molecule has 0 aliphatic carbocycles. The number of nitrogens with one attached hydrogen (secondary N) is 1. The van der Waals surface area contributed by atoms with Crippen molar-refractivity contribution >= 4 is 10.9 Å². The molecule has 0 aliphatic rings. The molecule has 1 heterocycles. The summed E-state index contributed by atoms with van der Waals surface area (Å²) < 4.78 is 1.92. The van der Waals surface area contributed by atoms with Gasteiger partial charge in [0.05, 0.1) is 17.3 Å². The first-order valence-electron chi connectivity index (χ1n) is 6.51. The molecule has 0 radical (unpaired) electrons. The molecule has 0 saturated heterocycles. The van der Waals surface area contributed by atoms with Crippen molar-refractivity contribution in [1.82, 2.24) is 15.2 Å². The van der Waals surface area contributed by atoms with Crippen molar-refractivity contribution in [2.24, 2.45) is 18.8 Å². The average Bonchev–Trinajstić information content (AvgIpc) is 2.68. The lowest BCUT2D eigenvalue weighted by Crippen LogP contribution is -2.28. The molecule has 1 unspecified atom stereocenters. The van der Waals surface area contributed by atoms with Gasteiger partial charge in [-0.3, -0.25) is 16.0 Å². The first kappa shape index (κ1) is 13.1. The number of fused-ring (bicyclic) bond motifs is 1. The van der Waals surface area contributed by atoms with Crippen molar-refractivity contribution in [2.45, 2.75) is 32.7 Å². The number of hydrazine groups is 1. The topological polar surface area (TPSA) is 55.9 Å². The van der Waals surface area contributed by atoms with Crippen molar-refractivity contribution in [3.05, 3.63) is 30.0 Å². The highest BCUT2D eigenvalue weighted by Crippen LogP contribution is 2.26. The molecular formula is C14H22N4. The molecule has 0 aliphatic heterocycles. The van der Waals surface area contributed by atoms with E-state index < -0.39 is 0 Å². The number of benzene rings is 1. The van der Waals surface area contributed by atoms with Crippen molar-refractivity contribution in [3.8, 4) is 0 Å².